The molecule has 2 saturated heterocycles. The highest BCUT2D eigenvalue weighted by Crippen LogP contribution is 2.20. The van der Waals surface area contributed by atoms with Crippen molar-refractivity contribution < 1.29 is 14.4 Å². The maximum Gasteiger partial charge on any atom is 0.325 e. The summed E-state index contributed by atoms with van der Waals surface area (Å²) in [6.07, 6.45) is 4.14. The molecule has 1 atom stereocenters. The Morgan fingerprint density at radius 3 is 2.68 bits per heavy atom. The highest BCUT2D eigenvalue weighted by molar-refractivity contribution is 6.07. The van der Waals surface area contributed by atoms with Crippen LogP contribution in [0.5, 0.6) is 0 Å². The number of rotatable bonds is 7. The summed E-state index contributed by atoms with van der Waals surface area (Å²) in [5, 5.41) is 5.31. The van der Waals surface area contributed by atoms with E-state index in [2.05, 4.69) is 39.8 Å². The predicted molar refractivity (Wildman–Crippen MR) is 107 cm³/mol. The normalized spacial score (nSPS) is 22.2. The third-order valence-corrected chi connectivity index (χ3v) is 5.65. The van der Waals surface area contributed by atoms with Gasteiger partial charge in [-0.05, 0) is 58.2 Å². The van der Waals surface area contributed by atoms with Gasteiger partial charge in [0.15, 0.2) is 0 Å². The number of carbonyl (C=O) groups excluding carboxylic acids is 3. The molecule has 0 aliphatic carbocycles. The van der Waals surface area contributed by atoms with Crippen LogP contribution < -0.4 is 10.6 Å². The summed E-state index contributed by atoms with van der Waals surface area (Å²) < 4.78 is 0. The zero-order chi connectivity index (χ0) is 20.1. The molecule has 28 heavy (non-hydrogen) atoms. The average molecular weight is 386 g/mol. The Bertz CT molecular complexity index is 720. The van der Waals surface area contributed by atoms with Crippen LogP contribution in [0.4, 0.5) is 4.79 Å². The Morgan fingerprint density at radius 1 is 1.25 bits per heavy atom. The van der Waals surface area contributed by atoms with Crippen molar-refractivity contribution in [2.75, 3.05) is 26.2 Å². The molecule has 0 bridgehead atoms. The fourth-order valence-corrected chi connectivity index (χ4v) is 3.91. The molecule has 152 valence electrons. The lowest BCUT2D eigenvalue weighted by atomic mass is 10.0. The van der Waals surface area contributed by atoms with Crippen molar-refractivity contribution in [2.45, 2.75) is 51.1 Å². The number of nitrogens with zero attached hydrogens (tertiary/aromatic N) is 2. The smallest absolute Gasteiger partial charge is 0.325 e. The van der Waals surface area contributed by atoms with Crippen molar-refractivity contribution in [3.8, 4) is 0 Å². The summed E-state index contributed by atoms with van der Waals surface area (Å²) in [5.74, 6) is -0.582. The molecule has 0 aromatic heterocycles. The van der Waals surface area contributed by atoms with Crippen LogP contribution in [-0.2, 0) is 16.0 Å². The summed E-state index contributed by atoms with van der Waals surface area (Å²) in [6, 6.07) is 10.1. The van der Waals surface area contributed by atoms with Crippen LogP contribution in [0.25, 0.3) is 0 Å². The van der Waals surface area contributed by atoms with Gasteiger partial charge in [-0.25, -0.2) is 4.79 Å². The largest absolute Gasteiger partial charge is 0.351 e. The first-order valence-electron chi connectivity index (χ1n) is 10.0. The van der Waals surface area contributed by atoms with Gasteiger partial charge in [0.25, 0.3) is 5.91 Å². The van der Waals surface area contributed by atoms with Crippen molar-refractivity contribution in [1.29, 1.82) is 0 Å². The monoisotopic (exact) mass is 386 g/mol. The molecule has 2 aliphatic rings. The third kappa shape index (κ3) is 4.90. The summed E-state index contributed by atoms with van der Waals surface area (Å²) in [5.41, 5.74) is 0.357. The summed E-state index contributed by atoms with van der Waals surface area (Å²) in [4.78, 5) is 39.9. The quantitative estimate of drug-likeness (QED) is 0.697. The molecule has 2 N–H and O–H groups in total. The van der Waals surface area contributed by atoms with Gasteiger partial charge in [0.2, 0.25) is 5.91 Å². The van der Waals surface area contributed by atoms with Crippen molar-refractivity contribution in [3.63, 3.8) is 0 Å². The Balaban J connectivity index is 1.43. The summed E-state index contributed by atoms with van der Waals surface area (Å²) in [6.45, 7) is 6.09. The fourth-order valence-electron chi connectivity index (χ4n) is 3.91. The number of benzene rings is 1. The number of hydrogen-bond donors (Lipinski definition) is 2. The topological polar surface area (TPSA) is 81.8 Å². The second-order valence-corrected chi connectivity index (χ2v) is 8.20. The summed E-state index contributed by atoms with van der Waals surface area (Å²) in [7, 11) is 0. The van der Waals surface area contributed by atoms with Crippen molar-refractivity contribution >= 4 is 17.8 Å². The van der Waals surface area contributed by atoms with E-state index in [1.54, 1.807) is 13.8 Å². The molecule has 2 heterocycles. The molecule has 7 heteroatoms. The van der Waals surface area contributed by atoms with Gasteiger partial charge >= 0.3 is 6.03 Å². The second-order valence-electron chi connectivity index (χ2n) is 8.20. The number of urea groups is 1. The lowest BCUT2D eigenvalue weighted by Gasteiger charge is -2.34. The van der Waals surface area contributed by atoms with Gasteiger partial charge in [-0.1, -0.05) is 30.3 Å². The zero-order valence-corrected chi connectivity index (χ0v) is 16.7. The van der Waals surface area contributed by atoms with E-state index >= 15 is 0 Å². The van der Waals surface area contributed by atoms with E-state index in [9.17, 15) is 14.4 Å². The molecular weight excluding hydrogens is 356 g/mol. The van der Waals surface area contributed by atoms with Gasteiger partial charge in [-0.15, -0.1) is 0 Å². The Labute approximate surface area is 166 Å². The van der Waals surface area contributed by atoms with E-state index in [1.807, 2.05) is 6.07 Å². The van der Waals surface area contributed by atoms with E-state index in [-0.39, 0.29) is 24.4 Å². The van der Waals surface area contributed by atoms with Crippen molar-refractivity contribution in [3.05, 3.63) is 35.9 Å². The highest BCUT2D eigenvalue weighted by Gasteiger charge is 2.46. The average Bonchev–Trinajstić information content (AvgIpc) is 2.85. The van der Waals surface area contributed by atoms with Crippen LogP contribution in [-0.4, -0.2) is 65.4 Å². The lowest BCUT2D eigenvalue weighted by Crippen LogP contribution is -2.53. The van der Waals surface area contributed by atoms with Crippen LogP contribution in [0, 0.1) is 0 Å². The molecule has 2 aliphatic heterocycles. The van der Waals surface area contributed by atoms with Crippen LogP contribution in [0.2, 0.25) is 0 Å². The highest BCUT2D eigenvalue weighted by atomic mass is 16.2. The second kappa shape index (κ2) is 8.73. The minimum Gasteiger partial charge on any atom is -0.351 e. The number of carbonyl (C=O) groups is 3. The van der Waals surface area contributed by atoms with E-state index in [0.717, 1.165) is 45.3 Å². The standard InChI is InChI=1S/C21H30N4O3/c1-21(2)19(27)23-20(28)25(21)15-18(26)22-17-11-7-13-24(14-17)12-6-10-16-8-4-3-5-9-16/h3-5,8-9,17H,6-7,10-15H2,1-2H3,(H,22,26)(H,23,27,28). The van der Waals surface area contributed by atoms with Gasteiger partial charge in [-0.3, -0.25) is 14.9 Å². The van der Waals surface area contributed by atoms with E-state index in [4.69, 9.17) is 0 Å². The maximum absolute atomic E-state index is 12.5. The molecule has 1 aromatic rings. The van der Waals surface area contributed by atoms with Gasteiger partial charge in [0, 0.05) is 12.6 Å². The van der Waals surface area contributed by atoms with Crippen LogP contribution in [0.3, 0.4) is 0 Å². The van der Waals surface area contributed by atoms with Crippen LogP contribution >= 0.6 is 0 Å². The van der Waals surface area contributed by atoms with Crippen molar-refractivity contribution in [2.24, 2.45) is 0 Å². The zero-order valence-electron chi connectivity index (χ0n) is 16.7. The SMILES string of the molecule is CC1(C)C(=O)NC(=O)N1CC(=O)NC1CCCN(CCCc2ccccc2)C1. The molecule has 1 unspecified atom stereocenters. The first-order chi connectivity index (χ1) is 13.4. The maximum atomic E-state index is 12.5. The molecule has 2 fully saturated rings. The summed E-state index contributed by atoms with van der Waals surface area (Å²) >= 11 is 0. The first-order valence-corrected chi connectivity index (χ1v) is 10.0. The number of aryl methyl sites for hydroxylation is 1. The molecular formula is C21H30N4O3. The lowest BCUT2D eigenvalue weighted by molar-refractivity contribution is -0.127. The van der Waals surface area contributed by atoms with E-state index < -0.39 is 11.6 Å². The van der Waals surface area contributed by atoms with Gasteiger partial charge in [0.05, 0.1) is 0 Å². The molecule has 0 spiro atoms. The van der Waals surface area contributed by atoms with Gasteiger partial charge in [-0.2, -0.15) is 0 Å². The van der Waals surface area contributed by atoms with Gasteiger partial charge < -0.3 is 15.1 Å². The van der Waals surface area contributed by atoms with Crippen LogP contribution in [0.1, 0.15) is 38.7 Å². The minimum absolute atomic E-state index is 0.0856. The first kappa shape index (κ1) is 20.3. The number of imide groups is 1. The van der Waals surface area contributed by atoms with Gasteiger partial charge in [0.1, 0.15) is 12.1 Å². The Hall–Kier alpha value is -2.41. The number of amides is 4. The molecule has 3 rings (SSSR count). The molecule has 1 aromatic carbocycles. The molecule has 0 saturated carbocycles. The minimum atomic E-state index is -0.996. The number of nitrogens with one attached hydrogen (secondary N) is 2. The number of likely N-dealkylation sites (tertiary alicyclic amines) is 1. The van der Waals surface area contributed by atoms with E-state index in [0.29, 0.717) is 0 Å². The third-order valence-electron chi connectivity index (χ3n) is 5.65. The Morgan fingerprint density at radius 2 is 2.00 bits per heavy atom. The molecule has 7 nitrogen and oxygen atoms in total. The Kier molecular flexibility index (Phi) is 6.34. The van der Waals surface area contributed by atoms with E-state index in [1.165, 1.54) is 10.5 Å². The molecule has 4 amide bonds. The predicted octanol–water partition coefficient (Wildman–Crippen LogP) is 1.53. The van der Waals surface area contributed by atoms with Crippen molar-refractivity contribution in [1.82, 2.24) is 20.4 Å². The number of piperidine rings is 1. The number of hydrogen-bond acceptors (Lipinski definition) is 4. The van der Waals surface area contributed by atoms with Crippen LogP contribution in [0.15, 0.2) is 30.3 Å². The fraction of sp³-hybridized carbons (Fsp3) is 0.571. The molecule has 0 radical (unpaired) electrons.